The van der Waals surface area contributed by atoms with Gasteiger partial charge in [0.2, 0.25) is 0 Å². The molecule has 2 aliphatic rings. The minimum Gasteiger partial charge on any atom is -0.356 e. The molecule has 7 rings (SSSR count). The Morgan fingerprint density at radius 1 is 0.840 bits per heavy atom. The molecule has 4 aromatic carbocycles. The Balaban J connectivity index is 0.980. The maximum atomic E-state index is 7.45. The third kappa shape index (κ3) is 7.27. The molecule has 0 bridgehead atoms. The second-order valence-corrected chi connectivity index (χ2v) is 21.7. The Hall–Kier alpha value is -3.55. The molecule has 0 amide bonds. The molecule has 2 fully saturated rings. The molecule has 1 saturated carbocycles. The molecule has 1 aliphatic carbocycles. The summed E-state index contributed by atoms with van der Waals surface area (Å²) in [4.78, 5) is 4.95. The number of aryl methyl sites for hydroxylation is 1. The van der Waals surface area contributed by atoms with E-state index in [-0.39, 0.29) is 10.5 Å². The van der Waals surface area contributed by atoms with Gasteiger partial charge in [0.25, 0.3) is 0 Å². The van der Waals surface area contributed by atoms with Gasteiger partial charge in [0.15, 0.2) is 5.58 Å². The van der Waals surface area contributed by atoms with Crippen LogP contribution in [0.3, 0.4) is 0 Å². The molecule has 5 aromatic rings. The Morgan fingerprint density at radius 2 is 1.44 bits per heavy atom. The molecule has 1 aromatic heterocycles. The van der Waals surface area contributed by atoms with E-state index < -0.39 is 8.32 Å². The van der Waals surface area contributed by atoms with E-state index in [9.17, 15) is 0 Å². The Kier molecular flexibility index (Phi) is 10.2. The van der Waals surface area contributed by atoms with Gasteiger partial charge in [0.1, 0.15) is 0 Å². The van der Waals surface area contributed by atoms with E-state index >= 15 is 0 Å². The van der Waals surface area contributed by atoms with E-state index in [0.717, 1.165) is 43.3 Å². The molecule has 0 spiro atoms. The zero-order chi connectivity index (χ0) is 34.8. The minimum atomic E-state index is -2.92. The second kappa shape index (κ2) is 14.6. The first kappa shape index (κ1) is 34.9. The van der Waals surface area contributed by atoms with E-state index in [4.69, 9.17) is 8.95 Å². The third-order valence-electron chi connectivity index (χ3n) is 11.8. The number of piperidine rings is 1. The van der Waals surface area contributed by atoms with Crippen molar-refractivity contribution in [1.29, 1.82) is 0 Å². The monoisotopic (exact) mass is 686 g/mol. The molecule has 50 heavy (non-hydrogen) atoms. The summed E-state index contributed by atoms with van der Waals surface area (Å²) >= 11 is 0. The molecule has 0 N–H and O–H groups in total. The van der Waals surface area contributed by atoms with Crippen LogP contribution in [0.4, 0.5) is 0 Å². The number of aromatic nitrogens is 1. The van der Waals surface area contributed by atoms with Gasteiger partial charge in [0, 0.05) is 12.1 Å². The van der Waals surface area contributed by atoms with E-state index in [1.54, 1.807) is 0 Å². The van der Waals surface area contributed by atoms with Crippen molar-refractivity contribution >= 4 is 29.7 Å². The molecule has 1 saturated heterocycles. The van der Waals surface area contributed by atoms with Crippen molar-refractivity contribution in [3.8, 4) is 11.1 Å². The van der Waals surface area contributed by atoms with Crippen LogP contribution in [-0.4, -0.2) is 63.6 Å². The van der Waals surface area contributed by atoms with Crippen LogP contribution in [0.5, 0.6) is 0 Å². The standard InChI is InChI=1S/C44H56N3O2Si/c1-43(2,3)50(36-17-11-7-12-18-36,37-19-13-8-14-20-37)48-33-44(27-28-44)32-47-29-25-34(26-30-47)21-24-41-39-23-22-38(35-15-9-6-10-16-35)40(31-46(4)5)42(39)49-45-41/h6-20,22-23,34,50H,21,24-33H2,1-5H3/q-1. The minimum absolute atomic E-state index is 0.0391. The average molecular weight is 687 g/mol. The first-order chi connectivity index (χ1) is 24.2. The van der Waals surface area contributed by atoms with Crippen LogP contribution in [0.1, 0.15) is 64.1 Å². The molecular weight excluding hydrogens is 631 g/mol. The Bertz CT molecular complexity index is 1800. The molecule has 1 aliphatic heterocycles. The van der Waals surface area contributed by atoms with Gasteiger partial charge in [-0.2, -0.15) is 0 Å². The van der Waals surface area contributed by atoms with Crippen LogP contribution in [0.2, 0.25) is 5.04 Å². The molecule has 0 radical (unpaired) electrons. The first-order valence-electron chi connectivity index (χ1n) is 18.9. The smallest absolute Gasteiger partial charge is 0.356 e. The van der Waals surface area contributed by atoms with Gasteiger partial charge in [0.05, 0.1) is 0 Å². The van der Waals surface area contributed by atoms with Gasteiger partial charge >= 0.3 is 207 Å². The molecule has 2 heterocycles. The van der Waals surface area contributed by atoms with E-state index in [2.05, 4.69) is 153 Å². The summed E-state index contributed by atoms with van der Waals surface area (Å²) in [6.07, 6.45) is 7.21. The molecule has 6 heteroatoms. The summed E-state index contributed by atoms with van der Waals surface area (Å²) in [5.41, 5.74) is 6.02. The number of likely N-dealkylation sites (tertiary alicyclic amines) is 1. The van der Waals surface area contributed by atoms with Gasteiger partial charge in [-0.15, -0.1) is 0 Å². The van der Waals surface area contributed by atoms with Crippen LogP contribution < -0.4 is 10.4 Å². The average Bonchev–Trinajstić information content (AvgIpc) is 3.76. The Morgan fingerprint density at radius 3 is 2.00 bits per heavy atom. The van der Waals surface area contributed by atoms with Crippen molar-refractivity contribution in [2.24, 2.45) is 11.3 Å². The van der Waals surface area contributed by atoms with Crippen molar-refractivity contribution in [2.45, 2.75) is 70.9 Å². The second-order valence-electron chi connectivity index (χ2n) is 16.7. The van der Waals surface area contributed by atoms with Crippen LogP contribution in [-0.2, 0) is 17.4 Å². The summed E-state index contributed by atoms with van der Waals surface area (Å²) in [6, 6.07) is 37.4. The van der Waals surface area contributed by atoms with Crippen LogP contribution in [0.15, 0.2) is 108 Å². The molecule has 5 nitrogen and oxygen atoms in total. The van der Waals surface area contributed by atoms with Crippen molar-refractivity contribution in [3.63, 3.8) is 0 Å². The number of benzene rings is 4. The summed E-state index contributed by atoms with van der Waals surface area (Å²) in [5.74, 6) is 0.729. The van der Waals surface area contributed by atoms with Crippen LogP contribution >= 0.6 is 0 Å². The Labute approximate surface area is 300 Å². The first-order valence-corrected chi connectivity index (χ1v) is 21.1. The number of fused-ring (bicyclic) bond motifs is 1. The maximum absolute atomic E-state index is 7.45. The van der Waals surface area contributed by atoms with Crippen LogP contribution in [0.25, 0.3) is 22.1 Å². The summed E-state index contributed by atoms with van der Waals surface area (Å²) < 4.78 is 13.5. The fraction of sp³-hybridized carbons (Fsp3) is 0.432. The molecular formula is C44H56N3O2Si-. The number of nitrogens with zero attached hydrogens (tertiary/aromatic N) is 3. The quantitative estimate of drug-likeness (QED) is 0.117. The fourth-order valence-corrected chi connectivity index (χ4v) is 14.2. The molecule has 0 atom stereocenters. The zero-order valence-electron chi connectivity index (χ0n) is 30.9. The van der Waals surface area contributed by atoms with Gasteiger partial charge < -0.3 is 9.42 Å². The van der Waals surface area contributed by atoms with Crippen molar-refractivity contribution in [2.75, 3.05) is 40.3 Å². The summed E-state index contributed by atoms with van der Waals surface area (Å²) in [7, 11) is 1.31. The number of hydrogen-bond donors (Lipinski definition) is 0. The summed E-state index contributed by atoms with van der Waals surface area (Å²) in [5, 5.41) is 8.66. The van der Waals surface area contributed by atoms with E-state index in [1.165, 1.54) is 77.6 Å². The predicted octanol–water partition coefficient (Wildman–Crippen LogP) is 8.29. The molecule has 264 valence electrons. The van der Waals surface area contributed by atoms with Crippen molar-refractivity contribution < 1.29 is 8.95 Å². The normalized spacial score (nSPS) is 17.4. The zero-order valence-corrected chi connectivity index (χ0v) is 32.1. The van der Waals surface area contributed by atoms with Gasteiger partial charge in [-0.1, -0.05) is 36.4 Å². The predicted molar refractivity (Wildman–Crippen MR) is 211 cm³/mol. The van der Waals surface area contributed by atoms with E-state index in [0.29, 0.717) is 0 Å². The summed E-state index contributed by atoms with van der Waals surface area (Å²) in [6.45, 7) is 12.4. The van der Waals surface area contributed by atoms with Crippen molar-refractivity contribution in [1.82, 2.24) is 15.0 Å². The van der Waals surface area contributed by atoms with Gasteiger partial charge in [-0.25, -0.2) is 0 Å². The fourth-order valence-electron chi connectivity index (χ4n) is 8.81. The number of hydrogen-bond acceptors (Lipinski definition) is 5. The number of rotatable bonds is 13. The molecule has 0 unspecified atom stereocenters. The third-order valence-corrected chi connectivity index (χ3v) is 17.5. The topological polar surface area (TPSA) is 41.7 Å². The van der Waals surface area contributed by atoms with Gasteiger partial charge in [-0.3, -0.25) is 0 Å². The van der Waals surface area contributed by atoms with E-state index in [1.807, 2.05) is 0 Å². The van der Waals surface area contributed by atoms with Gasteiger partial charge in [-0.05, 0) is 31.3 Å². The van der Waals surface area contributed by atoms with Crippen molar-refractivity contribution in [3.05, 3.63) is 114 Å². The SMILES string of the molecule is CN(C)Cc1c(-c2ccccc2)ccc2c(CCC3CCN(CC4(CO[SiH-](c5ccccc5)(c5ccccc5)C(C)(C)C)CC4)CC3)noc12. The van der Waals surface area contributed by atoms with Crippen LogP contribution in [0, 0.1) is 11.3 Å².